The molecule has 6 heteroatoms. The van der Waals surface area contributed by atoms with Crippen LogP contribution in [0.2, 0.25) is 0 Å². The molecule has 0 aliphatic rings. The van der Waals surface area contributed by atoms with E-state index in [-0.39, 0.29) is 24.9 Å². The van der Waals surface area contributed by atoms with Crippen LogP contribution in [0.3, 0.4) is 0 Å². The number of nitrogens with one attached hydrogen (secondary N) is 1. The van der Waals surface area contributed by atoms with Crippen LogP contribution in [-0.2, 0) is 14.3 Å². The zero-order valence-corrected chi connectivity index (χ0v) is 37.0. The Labute approximate surface area is 346 Å². The molecule has 0 fully saturated rings. The SMILES string of the molecule is CCCCC/C=C\C/C=C\C/C=C\C/C=C\CCCC(=O)OC(CCCCCCCCCCCCC)CC(=O)NC(CO)C(O)CCCCCCCCCCC. The van der Waals surface area contributed by atoms with Crippen molar-refractivity contribution in [3.8, 4) is 0 Å². The molecule has 3 unspecified atom stereocenters. The molecule has 0 spiro atoms. The molecule has 326 valence electrons. The van der Waals surface area contributed by atoms with Gasteiger partial charge in [-0.1, -0.05) is 204 Å². The van der Waals surface area contributed by atoms with E-state index in [0.717, 1.165) is 64.2 Å². The number of aliphatic hydroxyl groups is 2. The molecule has 56 heavy (non-hydrogen) atoms. The van der Waals surface area contributed by atoms with Gasteiger partial charge < -0.3 is 20.3 Å². The van der Waals surface area contributed by atoms with Gasteiger partial charge in [-0.3, -0.25) is 9.59 Å². The highest BCUT2D eigenvalue weighted by Gasteiger charge is 2.24. The molecule has 0 aromatic carbocycles. The van der Waals surface area contributed by atoms with Crippen LogP contribution in [0.1, 0.15) is 233 Å². The maximum atomic E-state index is 13.1. The Kier molecular flexibility index (Phi) is 42.2. The second kappa shape index (κ2) is 43.9. The monoisotopic (exact) mass is 786 g/mol. The van der Waals surface area contributed by atoms with Gasteiger partial charge in [0, 0.05) is 6.42 Å². The quantitative estimate of drug-likeness (QED) is 0.0325. The van der Waals surface area contributed by atoms with Gasteiger partial charge in [-0.05, 0) is 64.2 Å². The number of carbonyl (C=O) groups is 2. The van der Waals surface area contributed by atoms with E-state index in [0.29, 0.717) is 25.7 Å². The van der Waals surface area contributed by atoms with Gasteiger partial charge in [0.15, 0.2) is 0 Å². The lowest BCUT2D eigenvalue weighted by molar-refractivity contribution is -0.151. The van der Waals surface area contributed by atoms with Gasteiger partial charge >= 0.3 is 5.97 Å². The molecule has 1 amide bonds. The summed E-state index contributed by atoms with van der Waals surface area (Å²) in [6.07, 6.45) is 51.7. The highest BCUT2D eigenvalue weighted by atomic mass is 16.5. The standard InChI is InChI=1S/C50H91NO5/c1-4-7-10-13-16-19-21-22-23-24-25-26-28-31-34-37-40-43-50(55)56-46(41-38-35-32-30-27-20-17-14-11-8-5-2)44-49(54)51-47(45-52)48(53)42-39-36-33-29-18-15-12-9-6-3/h16,19,22-23,25-26,31,34,46-48,52-53H,4-15,17-18,20-21,24,27-30,32-33,35-45H2,1-3H3,(H,51,54)/b19-16-,23-22-,26-25-,34-31-. The van der Waals surface area contributed by atoms with Crippen LogP contribution < -0.4 is 5.32 Å². The molecule has 0 rings (SSSR count). The van der Waals surface area contributed by atoms with Crippen LogP contribution in [0.15, 0.2) is 48.6 Å². The van der Waals surface area contributed by atoms with Crippen molar-refractivity contribution < 1.29 is 24.5 Å². The summed E-state index contributed by atoms with van der Waals surface area (Å²) in [7, 11) is 0. The van der Waals surface area contributed by atoms with Gasteiger partial charge in [0.1, 0.15) is 6.10 Å². The van der Waals surface area contributed by atoms with Crippen molar-refractivity contribution >= 4 is 11.9 Å². The molecule has 0 heterocycles. The molecule has 0 radical (unpaired) electrons. The number of aliphatic hydroxyl groups excluding tert-OH is 2. The minimum Gasteiger partial charge on any atom is -0.462 e. The van der Waals surface area contributed by atoms with E-state index < -0.39 is 18.2 Å². The minimum atomic E-state index is -0.793. The van der Waals surface area contributed by atoms with E-state index in [9.17, 15) is 19.8 Å². The van der Waals surface area contributed by atoms with Crippen LogP contribution in [0, 0.1) is 0 Å². The zero-order chi connectivity index (χ0) is 41.0. The molecule has 0 aromatic rings. The number of amides is 1. The van der Waals surface area contributed by atoms with Crippen LogP contribution >= 0.6 is 0 Å². The largest absolute Gasteiger partial charge is 0.462 e. The first-order chi connectivity index (χ1) is 27.5. The Morgan fingerprint density at radius 2 is 0.911 bits per heavy atom. The third-order valence-electron chi connectivity index (χ3n) is 10.7. The van der Waals surface area contributed by atoms with E-state index in [4.69, 9.17) is 4.74 Å². The summed E-state index contributed by atoms with van der Waals surface area (Å²) in [5, 5.41) is 23.6. The van der Waals surface area contributed by atoms with Crippen LogP contribution in [0.25, 0.3) is 0 Å². The topological polar surface area (TPSA) is 95.9 Å². The van der Waals surface area contributed by atoms with E-state index in [1.165, 1.54) is 116 Å². The lowest BCUT2D eigenvalue weighted by Gasteiger charge is -2.24. The molecule has 3 atom stereocenters. The Balaban J connectivity index is 4.64. The smallest absolute Gasteiger partial charge is 0.306 e. The van der Waals surface area contributed by atoms with Crippen LogP contribution in [0.4, 0.5) is 0 Å². The van der Waals surface area contributed by atoms with Gasteiger partial charge in [0.2, 0.25) is 5.91 Å². The predicted octanol–water partition coefficient (Wildman–Crippen LogP) is 13.9. The fourth-order valence-electron chi connectivity index (χ4n) is 7.01. The fraction of sp³-hybridized carbons (Fsp3) is 0.800. The van der Waals surface area contributed by atoms with E-state index in [2.05, 4.69) is 74.7 Å². The Morgan fingerprint density at radius 1 is 0.518 bits per heavy atom. The second-order valence-electron chi connectivity index (χ2n) is 16.2. The summed E-state index contributed by atoms with van der Waals surface area (Å²) in [4.78, 5) is 26.0. The Hall–Kier alpha value is -2.18. The fourth-order valence-corrected chi connectivity index (χ4v) is 7.01. The molecule has 0 bridgehead atoms. The van der Waals surface area contributed by atoms with Gasteiger partial charge in [-0.15, -0.1) is 0 Å². The highest BCUT2D eigenvalue weighted by Crippen LogP contribution is 2.17. The minimum absolute atomic E-state index is 0.0575. The Morgan fingerprint density at radius 3 is 1.38 bits per heavy atom. The van der Waals surface area contributed by atoms with Crippen molar-refractivity contribution in [2.24, 2.45) is 0 Å². The average Bonchev–Trinajstić information content (AvgIpc) is 3.19. The molecule has 0 saturated heterocycles. The lowest BCUT2D eigenvalue weighted by atomic mass is 10.0. The number of hydrogen-bond acceptors (Lipinski definition) is 5. The normalized spacial score (nSPS) is 13.7. The summed E-state index contributed by atoms with van der Waals surface area (Å²) in [6.45, 7) is 6.41. The van der Waals surface area contributed by atoms with Crippen molar-refractivity contribution in [1.29, 1.82) is 0 Å². The molecule has 0 aliphatic carbocycles. The number of allylic oxidation sites excluding steroid dienone is 8. The van der Waals surface area contributed by atoms with Crippen molar-refractivity contribution in [3.63, 3.8) is 0 Å². The second-order valence-corrected chi connectivity index (χ2v) is 16.2. The van der Waals surface area contributed by atoms with Crippen molar-refractivity contribution in [1.82, 2.24) is 5.32 Å². The third kappa shape index (κ3) is 38.7. The summed E-state index contributed by atoms with van der Waals surface area (Å²) >= 11 is 0. The first-order valence-corrected chi connectivity index (χ1v) is 23.9. The molecule has 6 nitrogen and oxygen atoms in total. The summed E-state index contributed by atoms with van der Waals surface area (Å²) < 4.78 is 5.88. The summed E-state index contributed by atoms with van der Waals surface area (Å²) in [5.41, 5.74) is 0. The average molecular weight is 786 g/mol. The highest BCUT2D eigenvalue weighted by molar-refractivity contribution is 5.77. The molecular weight excluding hydrogens is 695 g/mol. The number of rotatable bonds is 42. The maximum absolute atomic E-state index is 13.1. The summed E-state index contributed by atoms with van der Waals surface area (Å²) in [5.74, 6) is -0.539. The molecule has 3 N–H and O–H groups in total. The zero-order valence-electron chi connectivity index (χ0n) is 37.0. The van der Waals surface area contributed by atoms with Crippen LogP contribution in [0.5, 0.6) is 0 Å². The number of esters is 1. The van der Waals surface area contributed by atoms with Crippen molar-refractivity contribution in [2.45, 2.75) is 251 Å². The van der Waals surface area contributed by atoms with Crippen LogP contribution in [-0.4, -0.2) is 46.9 Å². The van der Waals surface area contributed by atoms with Gasteiger partial charge in [-0.2, -0.15) is 0 Å². The van der Waals surface area contributed by atoms with Crippen molar-refractivity contribution in [2.75, 3.05) is 6.61 Å². The first-order valence-electron chi connectivity index (χ1n) is 23.9. The molecule has 0 saturated carbocycles. The maximum Gasteiger partial charge on any atom is 0.306 e. The van der Waals surface area contributed by atoms with Gasteiger partial charge in [0.05, 0.1) is 25.2 Å². The number of ether oxygens (including phenoxy) is 1. The van der Waals surface area contributed by atoms with E-state index in [1.54, 1.807) is 0 Å². The van der Waals surface area contributed by atoms with E-state index in [1.807, 2.05) is 0 Å². The third-order valence-corrected chi connectivity index (χ3v) is 10.7. The summed E-state index contributed by atoms with van der Waals surface area (Å²) in [6, 6.07) is -0.708. The number of hydrogen-bond donors (Lipinski definition) is 3. The van der Waals surface area contributed by atoms with Gasteiger partial charge in [0.25, 0.3) is 0 Å². The predicted molar refractivity (Wildman–Crippen MR) is 241 cm³/mol. The number of carbonyl (C=O) groups excluding carboxylic acids is 2. The Bertz CT molecular complexity index is 972. The van der Waals surface area contributed by atoms with Crippen molar-refractivity contribution in [3.05, 3.63) is 48.6 Å². The molecule has 0 aromatic heterocycles. The van der Waals surface area contributed by atoms with Gasteiger partial charge in [-0.25, -0.2) is 0 Å². The lowest BCUT2D eigenvalue weighted by Crippen LogP contribution is -2.46. The molecular formula is C50H91NO5. The first kappa shape index (κ1) is 53.8. The number of unbranched alkanes of at least 4 members (excludes halogenated alkanes) is 22. The van der Waals surface area contributed by atoms with E-state index >= 15 is 0 Å². The molecule has 0 aliphatic heterocycles.